The second kappa shape index (κ2) is 13.2. The van der Waals surface area contributed by atoms with Crippen LogP contribution >= 0.6 is 0 Å². The van der Waals surface area contributed by atoms with Crippen LogP contribution in [-0.2, 0) is 40.0 Å². The number of nitrogens with one attached hydrogen (secondary N) is 4. The average molecular weight is 499 g/mol. The van der Waals surface area contributed by atoms with Gasteiger partial charge in [-0.3, -0.25) is 28.8 Å². The smallest absolute Gasteiger partial charge is 0.326 e. The fourth-order valence-electron chi connectivity index (χ4n) is 2.71. The van der Waals surface area contributed by atoms with Crippen molar-refractivity contribution in [1.82, 2.24) is 25.9 Å². The van der Waals surface area contributed by atoms with E-state index < -0.39 is 85.0 Å². The summed E-state index contributed by atoms with van der Waals surface area (Å²) in [6.45, 7) is 0. The molecular formula is C18H25N7O10. The second-order valence-electron chi connectivity index (χ2n) is 7.28. The molecule has 0 fully saturated rings. The maximum absolute atomic E-state index is 12.9. The van der Waals surface area contributed by atoms with Crippen molar-refractivity contribution in [1.29, 1.82) is 0 Å². The number of carboxylic acids is 3. The van der Waals surface area contributed by atoms with E-state index in [4.69, 9.17) is 26.8 Å². The summed E-state index contributed by atoms with van der Waals surface area (Å²) in [6, 6.07) is -6.56. The van der Waals surface area contributed by atoms with Gasteiger partial charge in [-0.05, 0) is 0 Å². The van der Waals surface area contributed by atoms with Gasteiger partial charge in [-0.2, -0.15) is 0 Å². The van der Waals surface area contributed by atoms with Gasteiger partial charge in [-0.25, -0.2) is 9.78 Å². The molecule has 0 aliphatic rings. The van der Waals surface area contributed by atoms with Crippen molar-refractivity contribution in [3.63, 3.8) is 0 Å². The number of carbonyl (C=O) groups excluding carboxylic acids is 4. The molecule has 0 radical (unpaired) electrons. The third-order valence-electron chi connectivity index (χ3n) is 4.37. The Hall–Kier alpha value is -4.54. The molecule has 4 unspecified atom stereocenters. The maximum Gasteiger partial charge on any atom is 0.326 e. The number of rotatable bonds is 15. The molecule has 1 aromatic rings. The fraction of sp³-hybridized carbons (Fsp3) is 0.444. The molecule has 0 saturated carbocycles. The zero-order chi connectivity index (χ0) is 26.7. The Labute approximate surface area is 196 Å². The summed E-state index contributed by atoms with van der Waals surface area (Å²) in [6.07, 6.45) is -0.144. The van der Waals surface area contributed by atoms with Crippen molar-refractivity contribution in [2.24, 2.45) is 11.5 Å². The van der Waals surface area contributed by atoms with E-state index >= 15 is 0 Å². The topological polar surface area (TPSA) is 297 Å². The summed E-state index contributed by atoms with van der Waals surface area (Å²) in [7, 11) is 0. The van der Waals surface area contributed by atoms with Crippen LogP contribution in [0.2, 0.25) is 0 Å². The third-order valence-corrected chi connectivity index (χ3v) is 4.37. The highest BCUT2D eigenvalue weighted by Gasteiger charge is 2.32. The quantitative estimate of drug-likeness (QED) is 0.111. The molecule has 0 aliphatic heterocycles. The number of carbonyl (C=O) groups is 7. The van der Waals surface area contributed by atoms with Gasteiger partial charge in [0.05, 0.1) is 31.6 Å². The molecule has 0 saturated heterocycles. The minimum atomic E-state index is -1.87. The molecule has 0 aromatic carbocycles. The molecule has 1 aromatic heterocycles. The Morgan fingerprint density at radius 1 is 0.829 bits per heavy atom. The lowest BCUT2D eigenvalue weighted by Crippen LogP contribution is -2.58. The number of nitrogens with zero attached hydrogens (tertiary/aromatic N) is 1. The molecule has 0 bridgehead atoms. The number of aromatic amines is 1. The van der Waals surface area contributed by atoms with E-state index in [0.717, 1.165) is 0 Å². The van der Waals surface area contributed by atoms with Crippen molar-refractivity contribution in [2.75, 3.05) is 0 Å². The highest BCUT2D eigenvalue weighted by molar-refractivity contribution is 5.97. The maximum atomic E-state index is 12.9. The second-order valence-corrected chi connectivity index (χ2v) is 7.28. The van der Waals surface area contributed by atoms with E-state index in [0.29, 0.717) is 5.69 Å². The first-order valence-corrected chi connectivity index (χ1v) is 9.88. The van der Waals surface area contributed by atoms with Gasteiger partial charge in [0.1, 0.15) is 18.1 Å². The molecule has 192 valence electrons. The van der Waals surface area contributed by atoms with Crippen LogP contribution in [-0.4, -0.2) is 91.0 Å². The Kier molecular flexibility index (Phi) is 10.8. The normalized spacial score (nSPS) is 14.0. The number of aliphatic carboxylic acids is 3. The number of aromatic nitrogens is 2. The third kappa shape index (κ3) is 10.3. The number of hydrogen-bond acceptors (Lipinski definition) is 9. The van der Waals surface area contributed by atoms with Crippen molar-refractivity contribution < 1.29 is 48.9 Å². The minimum Gasteiger partial charge on any atom is -0.481 e. The zero-order valence-corrected chi connectivity index (χ0v) is 18.1. The molecule has 17 heteroatoms. The van der Waals surface area contributed by atoms with Crippen LogP contribution in [0.15, 0.2) is 12.5 Å². The number of carboxylic acid groups (broad SMARTS) is 3. The molecule has 1 heterocycles. The molecule has 4 atom stereocenters. The van der Waals surface area contributed by atoms with Gasteiger partial charge < -0.3 is 47.7 Å². The van der Waals surface area contributed by atoms with Gasteiger partial charge in [-0.15, -0.1) is 0 Å². The summed E-state index contributed by atoms with van der Waals surface area (Å²) >= 11 is 0. The number of H-pyrrole nitrogens is 1. The molecular weight excluding hydrogens is 474 g/mol. The van der Waals surface area contributed by atoms with Gasteiger partial charge in [-0.1, -0.05) is 0 Å². The molecule has 17 nitrogen and oxygen atoms in total. The zero-order valence-electron chi connectivity index (χ0n) is 18.1. The fourth-order valence-corrected chi connectivity index (χ4v) is 2.71. The summed E-state index contributed by atoms with van der Waals surface area (Å²) in [5.41, 5.74) is 10.9. The van der Waals surface area contributed by atoms with Crippen LogP contribution < -0.4 is 27.4 Å². The van der Waals surface area contributed by atoms with Crippen LogP contribution in [0.5, 0.6) is 0 Å². The average Bonchev–Trinajstić information content (AvgIpc) is 3.24. The van der Waals surface area contributed by atoms with Gasteiger partial charge in [0.2, 0.25) is 23.6 Å². The van der Waals surface area contributed by atoms with E-state index in [9.17, 15) is 33.6 Å². The van der Waals surface area contributed by atoms with Crippen LogP contribution in [0.1, 0.15) is 25.0 Å². The molecule has 1 rings (SSSR count). The van der Waals surface area contributed by atoms with Gasteiger partial charge in [0.25, 0.3) is 0 Å². The Bertz CT molecular complexity index is 965. The first-order chi connectivity index (χ1) is 16.3. The predicted molar refractivity (Wildman–Crippen MR) is 112 cm³/mol. The van der Waals surface area contributed by atoms with Crippen molar-refractivity contribution >= 4 is 41.5 Å². The lowest BCUT2D eigenvalue weighted by atomic mass is 10.1. The van der Waals surface area contributed by atoms with Crippen molar-refractivity contribution in [3.05, 3.63) is 18.2 Å². The van der Waals surface area contributed by atoms with Crippen LogP contribution in [0, 0.1) is 0 Å². The Morgan fingerprint density at radius 2 is 1.37 bits per heavy atom. The van der Waals surface area contributed by atoms with E-state index in [1.54, 1.807) is 0 Å². The first kappa shape index (κ1) is 28.5. The highest BCUT2D eigenvalue weighted by atomic mass is 16.4. The van der Waals surface area contributed by atoms with Gasteiger partial charge in [0, 0.05) is 18.3 Å². The standard InChI is InChI=1S/C18H25N7O10/c19-8(2-13(27)28)15(31)23-9(1-7-5-21-6-22-7)16(32)24-10(3-12(20)26)17(33)25-11(18(34)35)4-14(29)30/h5-6,8-11H,1-4,19H2,(H2,20,26)(H,21,22)(H,23,31)(H,24,32)(H,25,33)(H,27,28)(H,29,30)(H,34,35). The lowest BCUT2D eigenvalue weighted by molar-refractivity contribution is -0.147. The number of nitrogens with two attached hydrogens (primary N) is 2. The van der Waals surface area contributed by atoms with Crippen LogP contribution in [0.4, 0.5) is 0 Å². The largest absolute Gasteiger partial charge is 0.481 e. The highest BCUT2D eigenvalue weighted by Crippen LogP contribution is 2.04. The number of hydrogen-bond donors (Lipinski definition) is 9. The minimum absolute atomic E-state index is 0.223. The predicted octanol–water partition coefficient (Wildman–Crippen LogP) is -4.36. The molecule has 4 amide bonds. The lowest BCUT2D eigenvalue weighted by Gasteiger charge is -2.24. The monoisotopic (exact) mass is 499 g/mol. The van der Waals surface area contributed by atoms with Gasteiger partial charge in [0.15, 0.2) is 0 Å². The van der Waals surface area contributed by atoms with E-state index in [2.05, 4.69) is 20.6 Å². The SMILES string of the molecule is NC(=O)CC(NC(=O)C(Cc1cnc[nH]1)NC(=O)C(N)CC(=O)O)C(=O)NC(CC(=O)O)C(=O)O. The first-order valence-electron chi connectivity index (χ1n) is 9.88. The summed E-state index contributed by atoms with van der Waals surface area (Å²) in [4.78, 5) is 88.4. The summed E-state index contributed by atoms with van der Waals surface area (Å²) < 4.78 is 0. The van der Waals surface area contributed by atoms with Crippen LogP contribution in [0.25, 0.3) is 0 Å². The number of imidazole rings is 1. The van der Waals surface area contributed by atoms with Crippen LogP contribution in [0.3, 0.4) is 0 Å². The van der Waals surface area contributed by atoms with E-state index in [1.807, 2.05) is 5.32 Å². The molecule has 0 aliphatic carbocycles. The van der Waals surface area contributed by atoms with Crippen molar-refractivity contribution in [2.45, 2.75) is 49.9 Å². The van der Waals surface area contributed by atoms with E-state index in [-0.39, 0.29) is 6.42 Å². The van der Waals surface area contributed by atoms with Crippen molar-refractivity contribution in [3.8, 4) is 0 Å². The number of primary amides is 1. The Balaban J connectivity index is 3.08. The molecule has 11 N–H and O–H groups in total. The van der Waals surface area contributed by atoms with E-state index in [1.165, 1.54) is 12.5 Å². The van der Waals surface area contributed by atoms with Gasteiger partial charge >= 0.3 is 17.9 Å². The molecule has 0 spiro atoms. The molecule has 35 heavy (non-hydrogen) atoms. The summed E-state index contributed by atoms with van der Waals surface area (Å²) in [5, 5.41) is 33.0. The Morgan fingerprint density at radius 3 is 1.86 bits per heavy atom. The summed E-state index contributed by atoms with van der Waals surface area (Å²) in [5.74, 6) is -8.91. The number of amides is 4.